The minimum Gasteiger partial charge on any atom is -0.508 e. The average Bonchev–Trinajstić information content (AvgIpc) is 2.84. The summed E-state index contributed by atoms with van der Waals surface area (Å²) in [6, 6.07) is 6.26. The summed E-state index contributed by atoms with van der Waals surface area (Å²) < 4.78 is 11.8. The highest BCUT2D eigenvalue weighted by Crippen LogP contribution is 2.68. The number of ether oxygens (including phenoxy) is 2. The molecule has 3 saturated carbocycles. The maximum atomic E-state index is 13.8. The van der Waals surface area contributed by atoms with Crippen molar-refractivity contribution in [2.24, 2.45) is 40.4 Å². The van der Waals surface area contributed by atoms with E-state index >= 15 is 0 Å². The van der Waals surface area contributed by atoms with Gasteiger partial charge in [0, 0.05) is 35.2 Å². The van der Waals surface area contributed by atoms with E-state index in [-0.39, 0.29) is 47.5 Å². The molecule has 4 aliphatic rings. The maximum Gasteiger partial charge on any atom is 0.331 e. The number of carbonyl (C=O) groups is 4. The fraction of sp³-hybridized carbons (Fsp3) is 0.586. The lowest BCUT2D eigenvalue weighted by Gasteiger charge is -2.67. The van der Waals surface area contributed by atoms with Crippen molar-refractivity contribution in [1.82, 2.24) is 0 Å². The topological polar surface area (TPSA) is 127 Å². The lowest BCUT2D eigenvalue weighted by molar-refractivity contribution is -0.258. The van der Waals surface area contributed by atoms with Crippen LogP contribution >= 0.6 is 0 Å². The summed E-state index contributed by atoms with van der Waals surface area (Å²) in [4.78, 5) is 53.2. The van der Waals surface area contributed by atoms with Crippen molar-refractivity contribution in [3.8, 4) is 5.75 Å². The van der Waals surface area contributed by atoms with Gasteiger partial charge >= 0.3 is 11.9 Å². The van der Waals surface area contributed by atoms with Crippen LogP contribution in [0.5, 0.6) is 5.75 Å². The molecule has 1 heterocycles. The molecule has 8 nitrogen and oxygen atoms in total. The molecule has 1 aliphatic heterocycles. The van der Waals surface area contributed by atoms with Gasteiger partial charge in [0.15, 0.2) is 17.7 Å². The van der Waals surface area contributed by atoms with E-state index in [1.54, 1.807) is 26.0 Å². The molecule has 4 fully saturated rings. The van der Waals surface area contributed by atoms with Crippen molar-refractivity contribution in [3.63, 3.8) is 0 Å². The van der Waals surface area contributed by atoms with Gasteiger partial charge in [-0.1, -0.05) is 39.8 Å². The second-order valence-electron chi connectivity index (χ2n) is 11.8. The third kappa shape index (κ3) is 3.75. The predicted octanol–water partition coefficient (Wildman–Crippen LogP) is 3.09. The van der Waals surface area contributed by atoms with Gasteiger partial charge in [0.05, 0.1) is 0 Å². The molecule has 1 aromatic carbocycles. The van der Waals surface area contributed by atoms with Gasteiger partial charge in [0.1, 0.15) is 18.0 Å². The van der Waals surface area contributed by atoms with E-state index in [0.29, 0.717) is 18.4 Å². The van der Waals surface area contributed by atoms with Gasteiger partial charge in [-0.25, -0.2) is 4.79 Å². The molecule has 10 atom stereocenters. The van der Waals surface area contributed by atoms with Gasteiger partial charge in [-0.3, -0.25) is 14.4 Å². The van der Waals surface area contributed by atoms with E-state index in [0.717, 1.165) is 0 Å². The first-order chi connectivity index (χ1) is 17.4. The number of esters is 2. The van der Waals surface area contributed by atoms with Crippen LogP contribution in [0.25, 0.3) is 6.08 Å². The first-order valence-electron chi connectivity index (χ1n) is 13.0. The fourth-order valence-electron chi connectivity index (χ4n) is 8.22. The lowest BCUT2D eigenvalue weighted by atomic mass is 9.37. The molecule has 1 aromatic rings. The number of phenols is 1. The molecule has 0 spiro atoms. The molecule has 5 rings (SSSR count). The Morgan fingerprint density at radius 2 is 1.76 bits per heavy atom. The number of aliphatic hydroxyl groups excluding tert-OH is 1. The predicted molar refractivity (Wildman–Crippen MR) is 132 cm³/mol. The monoisotopic (exact) mass is 510 g/mol. The Kier molecular flexibility index (Phi) is 6.09. The van der Waals surface area contributed by atoms with Crippen LogP contribution < -0.4 is 0 Å². The summed E-state index contributed by atoms with van der Waals surface area (Å²) in [7, 11) is 0. The summed E-state index contributed by atoms with van der Waals surface area (Å²) in [5, 5.41) is 20.2. The summed E-state index contributed by atoms with van der Waals surface area (Å²) >= 11 is 0. The summed E-state index contributed by atoms with van der Waals surface area (Å²) in [5.41, 5.74) is -1.26. The van der Waals surface area contributed by atoms with Crippen LogP contribution in [-0.4, -0.2) is 52.0 Å². The van der Waals surface area contributed by atoms with Crippen LogP contribution in [0.4, 0.5) is 0 Å². The zero-order valence-electron chi connectivity index (χ0n) is 21.5. The second kappa shape index (κ2) is 8.79. The Morgan fingerprint density at radius 3 is 2.43 bits per heavy atom. The van der Waals surface area contributed by atoms with Crippen LogP contribution in [0.1, 0.15) is 52.5 Å². The highest BCUT2D eigenvalue weighted by Gasteiger charge is 2.74. The fourth-order valence-corrected chi connectivity index (χ4v) is 8.22. The molecule has 8 heteroatoms. The van der Waals surface area contributed by atoms with Crippen molar-refractivity contribution in [2.45, 2.75) is 65.3 Å². The van der Waals surface area contributed by atoms with Crippen LogP contribution in [-0.2, 0) is 28.7 Å². The normalized spacial score (nSPS) is 43.1. The molecule has 1 saturated heterocycles. The Morgan fingerprint density at radius 1 is 1.08 bits per heavy atom. The number of benzene rings is 1. The third-order valence-corrected chi connectivity index (χ3v) is 10.0. The van der Waals surface area contributed by atoms with E-state index in [9.17, 15) is 29.4 Å². The summed E-state index contributed by atoms with van der Waals surface area (Å²) in [6.07, 6.45) is 0.673. The number of aliphatic hydroxyl groups is 1. The van der Waals surface area contributed by atoms with Crippen LogP contribution in [0.3, 0.4) is 0 Å². The van der Waals surface area contributed by atoms with Crippen LogP contribution in [0.2, 0.25) is 0 Å². The average molecular weight is 511 g/mol. The molecule has 0 aromatic heterocycles. The number of phenolic OH excluding ortho intramolecular Hbond substituents is 1. The first kappa shape index (κ1) is 25.6. The molecular weight excluding hydrogens is 476 g/mol. The van der Waals surface area contributed by atoms with Gasteiger partial charge < -0.3 is 19.7 Å². The van der Waals surface area contributed by atoms with E-state index in [1.165, 1.54) is 24.3 Å². The molecule has 0 radical (unpaired) electrons. The van der Waals surface area contributed by atoms with Crippen LogP contribution in [0, 0.1) is 40.4 Å². The van der Waals surface area contributed by atoms with Gasteiger partial charge in [0.25, 0.3) is 0 Å². The van der Waals surface area contributed by atoms with Gasteiger partial charge in [-0.05, 0) is 54.4 Å². The first-order valence-corrected chi connectivity index (χ1v) is 13.0. The number of carbonyl (C=O) groups excluding carboxylic acids is 4. The highest BCUT2D eigenvalue weighted by molar-refractivity contribution is 5.96. The quantitative estimate of drug-likeness (QED) is 0.469. The van der Waals surface area contributed by atoms with Crippen molar-refractivity contribution in [1.29, 1.82) is 0 Å². The zero-order valence-corrected chi connectivity index (χ0v) is 21.5. The van der Waals surface area contributed by atoms with Gasteiger partial charge in [0.2, 0.25) is 0 Å². The standard InChI is InChI=1S/C29H34O8/c1-14-11-20(31)27(35)29(4)18(14)12-21-28(3)19(13-23(33)36-21)15(2)24(34)25(26(28)29)37-22(32)10-7-16-5-8-17(30)9-6-16/h5-10,14-15,18-21,25-26,30-31H,11-13H2,1-4H3/b10-7+/t14-,15-,18+,19+,20+,21-,25-,26+,28-,29+/m1/s1. The molecule has 3 aliphatic carbocycles. The summed E-state index contributed by atoms with van der Waals surface area (Å²) in [5.74, 6) is -3.61. The van der Waals surface area contributed by atoms with E-state index in [2.05, 4.69) is 0 Å². The molecule has 2 N–H and O–H groups in total. The molecule has 0 bridgehead atoms. The maximum absolute atomic E-state index is 13.8. The molecule has 0 amide bonds. The number of rotatable bonds is 3. The van der Waals surface area contributed by atoms with Crippen molar-refractivity contribution in [2.75, 3.05) is 0 Å². The SMILES string of the molecule is C[C@@H]1C[C@H](O)C(=O)[C@]2(C)[C@H]3[C@H](OC(=O)/C=C/c4ccc(O)cc4)C(=O)[C@H](C)[C@@H]4CC(=O)O[C@H](C[C@@H]12)[C@]34C. The number of aromatic hydroxyl groups is 1. The van der Waals surface area contributed by atoms with Crippen molar-refractivity contribution in [3.05, 3.63) is 35.9 Å². The largest absolute Gasteiger partial charge is 0.508 e. The van der Waals surface area contributed by atoms with Crippen molar-refractivity contribution >= 4 is 29.6 Å². The Bertz CT molecular complexity index is 1170. The smallest absolute Gasteiger partial charge is 0.331 e. The number of fused-ring (bicyclic) bond motifs is 2. The number of hydrogen-bond acceptors (Lipinski definition) is 8. The van der Waals surface area contributed by atoms with E-state index < -0.39 is 46.9 Å². The Balaban J connectivity index is 1.57. The molecule has 198 valence electrons. The minimum atomic E-state index is -1.22. The van der Waals surface area contributed by atoms with E-state index in [4.69, 9.17) is 9.47 Å². The number of ketones is 2. The Hall–Kier alpha value is -3.00. The molecule has 0 unspecified atom stereocenters. The number of Topliss-reactive ketones (excluding diaryl/α,β-unsaturated/α-hetero) is 2. The highest BCUT2D eigenvalue weighted by atomic mass is 16.6. The van der Waals surface area contributed by atoms with E-state index in [1.807, 2.05) is 13.8 Å². The summed E-state index contributed by atoms with van der Waals surface area (Å²) in [6.45, 7) is 7.48. The minimum absolute atomic E-state index is 0.0541. The van der Waals surface area contributed by atoms with Gasteiger partial charge in [-0.15, -0.1) is 0 Å². The molecular formula is C29H34O8. The second-order valence-corrected chi connectivity index (χ2v) is 11.8. The van der Waals surface area contributed by atoms with Crippen molar-refractivity contribution < 1.29 is 38.9 Å². The Labute approximate surface area is 216 Å². The zero-order chi connectivity index (χ0) is 26.9. The lowest BCUT2D eigenvalue weighted by Crippen LogP contribution is -2.74. The third-order valence-electron chi connectivity index (χ3n) is 10.0. The van der Waals surface area contributed by atoms with Gasteiger partial charge in [-0.2, -0.15) is 0 Å². The number of hydrogen-bond donors (Lipinski definition) is 2. The molecule has 37 heavy (non-hydrogen) atoms. The van der Waals surface area contributed by atoms with Crippen LogP contribution in [0.15, 0.2) is 30.3 Å².